The lowest BCUT2D eigenvalue weighted by Gasteiger charge is -2.07. The average Bonchev–Trinajstić information content (AvgIpc) is 2.62. The first-order chi connectivity index (χ1) is 14.5. The number of hydrogen-bond acceptors (Lipinski definition) is 4. The van der Waals surface area contributed by atoms with Gasteiger partial charge in [-0.3, -0.25) is 4.79 Å². The van der Waals surface area contributed by atoms with Gasteiger partial charge in [0.15, 0.2) is 5.78 Å². The van der Waals surface area contributed by atoms with Crippen LogP contribution in [0.25, 0.3) is 0 Å². The second-order valence-electron chi connectivity index (χ2n) is 8.76. The number of rotatable bonds is 11. The van der Waals surface area contributed by atoms with E-state index in [2.05, 4.69) is 6.08 Å². The first-order valence-electron chi connectivity index (χ1n) is 10.8. The molecular formula is C27H38O4. The SMILES string of the molecule is CC(C)=CC(O)C/C(C)=C/CC/C(C)=C\C(=O)C/C(C)=C/Cc1cc(O)cc(C)c1O. The number of ketones is 1. The van der Waals surface area contributed by atoms with Gasteiger partial charge in [-0.25, -0.2) is 0 Å². The molecule has 1 aromatic carbocycles. The second-order valence-corrected chi connectivity index (χ2v) is 8.76. The number of aliphatic hydroxyl groups excluding tert-OH is 1. The second kappa shape index (κ2) is 13.0. The van der Waals surface area contributed by atoms with Gasteiger partial charge in [0.25, 0.3) is 0 Å². The Balaban J connectivity index is 2.55. The number of aryl methyl sites for hydroxylation is 1. The molecule has 0 saturated heterocycles. The molecule has 170 valence electrons. The summed E-state index contributed by atoms with van der Waals surface area (Å²) in [6.45, 7) is 11.6. The van der Waals surface area contributed by atoms with Crippen molar-refractivity contribution in [2.45, 2.75) is 79.8 Å². The largest absolute Gasteiger partial charge is 0.508 e. The third-order valence-electron chi connectivity index (χ3n) is 4.98. The van der Waals surface area contributed by atoms with Crippen LogP contribution >= 0.6 is 0 Å². The number of aromatic hydroxyl groups is 2. The van der Waals surface area contributed by atoms with Crippen LogP contribution in [-0.4, -0.2) is 27.2 Å². The molecule has 31 heavy (non-hydrogen) atoms. The zero-order valence-corrected chi connectivity index (χ0v) is 19.8. The van der Waals surface area contributed by atoms with Crippen LogP contribution in [0.15, 0.2) is 58.7 Å². The molecule has 1 unspecified atom stereocenters. The standard InChI is InChI=1S/C27H38O4/c1-18(2)12-24(28)13-19(3)8-7-9-20(4)14-25(29)15-21(5)10-11-23-17-26(30)16-22(6)27(23)31/h8,10,12,14,16-17,24,28,30-31H,7,9,11,13,15H2,1-6H3/b19-8+,20-14-,21-10+. The van der Waals surface area contributed by atoms with Crippen molar-refractivity contribution < 1.29 is 20.1 Å². The van der Waals surface area contributed by atoms with Gasteiger partial charge in [0.1, 0.15) is 11.5 Å². The van der Waals surface area contributed by atoms with E-state index in [4.69, 9.17) is 0 Å². The Morgan fingerprint density at radius 1 is 1.00 bits per heavy atom. The van der Waals surface area contributed by atoms with Crippen molar-refractivity contribution in [2.75, 3.05) is 0 Å². The lowest BCUT2D eigenvalue weighted by Crippen LogP contribution is -2.03. The molecule has 0 saturated carbocycles. The molecule has 0 aromatic heterocycles. The molecule has 0 fully saturated rings. The lowest BCUT2D eigenvalue weighted by molar-refractivity contribution is -0.114. The minimum atomic E-state index is -0.445. The Hall–Kier alpha value is -2.59. The third kappa shape index (κ3) is 10.8. The van der Waals surface area contributed by atoms with E-state index in [-0.39, 0.29) is 17.3 Å². The number of allylic oxidation sites excluding steroid dienone is 6. The molecule has 0 bridgehead atoms. The maximum Gasteiger partial charge on any atom is 0.159 e. The van der Waals surface area contributed by atoms with Crippen molar-refractivity contribution in [1.82, 2.24) is 0 Å². The van der Waals surface area contributed by atoms with Gasteiger partial charge in [0.2, 0.25) is 0 Å². The Bertz CT molecular complexity index is 881. The molecule has 4 nitrogen and oxygen atoms in total. The van der Waals surface area contributed by atoms with E-state index in [1.54, 1.807) is 19.1 Å². The summed E-state index contributed by atoms with van der Waals surface area (Å²) in [5, 5.41) is 29.8. The smallest absolute Gasteiger partial charge is 0.159 e. The zero-order valence-electron chi connectivity index (χ0n) is 19.8. The van der Waals surface area contributed by atoms with Crippen LogP contribution in [0.3, 0.4) is 0 Å². The number of phenolic OH excluding ortho intramolecular Hbond substituents is 2. The van der Waals surface area contributed by atoms with E-state index in [1.807, 2.05) is 46.8 Å². The first kappa shape index (κ1) is 26.4. The fourth-order valence-electron chi connectivity index (χ4n) is 3.42. The monoisotopic (exact) mass is 426 g/mol. The van der Waals surface area contributed by atoms with E-state index >= 15 is 0 Å². The van der Waals surface area contributed by atoms with Crippen molar-refractivity contribution in [2.24, 2.45) is 0 Å². The lowest BCUT2D eigenvalue weighted by atomic mass is 10.0. The quantitative estimate of drug-likeness (QED) is 0.222. The van der Waals surface area contributed by atoms with Crippen LogP contribution in [0.5, 0.6) is 11.5 Å². The highest BCUT2D eigenvalue weighted by Gasteiger charge is 2.07. The van der Waals surface area contributed by atoms with Gasteiger partial charge in [-0.05, 0) is 91.0 Å². The number of aliphatic hydroxyl groups is 1. The Morgan fingerprint density at radius 2 is 1.68 bits per heavy atom. The minimum absolute atomic E-state index is 0.0576. The number of hydrogen-bond donors (Lipinski definition) is 3. The van der Waals surface area contributed by atoms with Gasteiger partial charge in [0, 0.05) is 12.0 Å². The topological polar surface area (TPSA) is 77.8 Å². The molecule has 0 radical (unpaired) electrons. The van der Waals surface area contributed by atoms with Crippen molar-refractivity contribution in [1.29, 1.82) is 0 Å². The number of benzene rings is 1. The van der Waals surface area contributed by atoms with E-state index in [9.17, 15) is 20.1 Å². The van der Waals surface area contributed by atoms with E-state index < -0.39 is 6.10 Å². The molecule has 1 atom stereocenters. The molecule has 1 rings (SSSR count). The molecule has 0 aliphatic rings. The zero-order chi connectivity index (χ0) is 23.6. The Labute approximate surface area is 187 Å². The fraction of sp³-hybridized carbons (Fsp3) is 0.444. The summed E-state index contributed by atoms with van der Waals surface area (Å²) in [6, 6.07) is 3.07. The normalized spacial score (nSPS) is 13.8. The van der Waals surface area contributed by atoms with Crippen LogP contribution in [-0.2, 0) is 11.2 Å². The molecular weight excluding hydrogens is 388 g/mol. The van der Waals surface area contributed by atoms with Gasteiger partial charge < -0.3 is 15.3 Å². The summed E-state index contributed by atoms with van der Waals surface area (Å²) in [7, 11) is 0. The summed E-state index contributed by atoms with van der Waals surface area (Å²) >= 11 is 0. The van der Waals surface area contributed by atoms with Crippen LogP contribution in [0.4, 0.5) is 0 Å². The van der Waals surface area contributed by atoms with E-state index in [0.717, 1.165) is 35.1 Å². The average molecular weight is 427 g/mol. The van der Waals surface area contributed by atoms with Crippen molar-refractivity contribution >= 4 is 5.78 Å². The van der Waals surface area contributed by atoms with Gasteiger partial charge in [-0.2, -0.15) is 0 Å². The van der Waals surface area contributed by atoms with Gasteiger partial charge in [-0.1, -0.05) is 40.5 Å². The molecule has 0 aliphatic carbocycles. The number of phenols is 2. The fourth-order valence-corrected chi connectivity index (χ4v) is 3.42. The van der Waals surface area contributed by atoms with Crippen LogP contribution in [0, 0.1) is 6.92 Å². The molecule has 0 aliphatic heterocycles. The first-order valence-corrected chi connectivity index (χ1v) is 10.8. The predicted molar refractivity (Wildman–Crippen MR) is 128 cm³/mol. The summed E-state index contributed by atoms with van der Waals surface area (Å²) < 4.78 is 0. The van der Waals surface area contributed by atoms with Crippen LogP contribution in [0.2, 0.25) is 0 Å². The third-order valence-corrected chi connectivity index (χ3v) is 4.98. The van der Waals surface area contributed by atoms with Crippen molar-refractivity contribution in [3.05, 3.63) is 69.9 Å². The summed E-state index contributed by atoms with van der Waals surface area (Å²) in [5.41, 5.74) is 5.50. The summed E-state index contributed by atoms with van der Waals surface area (Å²) in [6.07, 6.45) is 10.2. The van der Waals surface area contributed by atoms with Crippen LogP contribution in [0.1, 0.15) is 71.4 Å². The molecule has 0 amide bonds. The number of carbonyl (C=O) groups excluding carboxylic acids is 1. The Morgan fingerprint density at radius 3 is 2.32 bits per heavy atom. The summed E-state index contributed by atoms with van der Waals surface area (Å²) in [4.78, 5) is 12.3. The Kier molecular flexibility index (Phi) is 11.1. The van der Waals surface area contributed by atoms with Crippen molar-refractivity contribution in [3.8, 4) is 11.5 Å². The molecule has 4 heteroatoms. The van der Waals surface area contributed by atoms with Gasteiger partial charge in [0.05, 0.1) is 6.10 Å². The molecule has 1 aromatic rings. The maximum atomic E-state index is 12.3. The van der Waals surface area contributed by atoms with Gasteiger partial charge in [-0.15, -0.1) is 0 Å². The van der Waals surface area contributed by atoms with Crippen molar-refractivity contribution in [3.63, 3.8) is 0 Å². The minimum Gasteiger partial charge on any atom is -0.508 e. The van der Waals surface area contributed by atoms with E-state index in [0.29, 0.717) is 30.4 Å². The number of carbonyl (C=O) groups is 1. The highest BCUT2D eigenvalue weighted by Crippen LogP contribution is 2.28. The molecule has 0 heterocycles. The summed E-state index contributed by atoms with van der Waals surface area (Å²) in [5.74, 6) is 0.365. The molecule has 3 N–H and O–H groups in total. The highest BCUT2D eigenvalue weighted by molar-refractivity contribution is 5.91. The van der Waals surface area contributed by atoms with Crippen LogP contribution < -0.4 is 0 Å². The molecule has 0 spiro atoms. The van der Waals surface area contributed by atoms with E-state index in [1.165, 1.54) is 6.07 Å². The predicted octanol–water partition coefficient (Wildman–Crippen LogP) is 6.24. The van der Waals surface area contributed by atoms with Gasteiger partial charge >= 0.3 is 0 Å². The highest BCUT2D eigenvalue weighted by atomic mass is 16.3. The maximum absolute atomic E-state index is 12.3.